The Hall–Kier alpha value is -3.54. The Balaban J connectivity index is 1.58. The minimum absolute atomic E-state index is 0.0780. The second kappa shape index (κ2) is 7.60. The zero-order valence-electron chi connectivity index (χ0n) is 15.1. The molecule has 0 saturated carbocycles. The lowest BCUT2D eigenvalue weighted by Gasteiger charge is -2.29. The summed E-state index contributed by atoms with van der Waals surface area (Å²) in [5, 5.41) is 2.51. The van der Waals surface area contributed by atoms with Crippen LogP contribution >= 0.6 is 0 Å². The molecule has 3 aromatic rings. The average Bonchev–Trinajstić information content (AvgIpc) is 2.74. The molecule has 2 amide bonds. The molecule has 1 aliphatic heterocycles. The van der Waals surface area contributed by atoms with Crippen LogP contribution in [-0.4, -0.2) is 23.3 Å². The van der Waals surface area contributed by atoms with Crippen LogP contribution in [0.4, 0.5) is 15.8 Å². The summed E-state index contributed by atoms with van der Waals surface area (Å²) < 4.78 is 13.8. The molecular formula is C22H18FN3O2. The number of pyridine rings is 1. The molecule has 28 heavy (non-hydrogen) atoms. The second-order valence-electron chi connectivity index (χ2n) is 6.59. The molecule has 0 spiro atoms. The van der Waals surface area contributed by atoms with Gasteiger partial charge < -0.3 is 10.2 Å². The number of hydrogen-bond acceptors (Lipinski definition) is 3. The summed E-state index contributed by atoms with van der Waals surface area (Å²) in [4.78, 5) is 31.3. The van der Waals surface area contributed by atoms with E-state index in [9.17, 15) is 14.0 Å². The van der Waals surface area contributed by atoms with Gasteiger partial charge in [-0.3, -0.25) is 14.6 Å². The Morgan fingerprint density at radius 1 is 1.00 bits per heavy atom. The fourth-order valence-electron chi connectivity index (χ4n) is 3.34. The average molecular weight is 375 g/mol. The highest BCUT2D eigenvalue weighted by Crippen LogP contribution is 2.28. The molecule has 5 nitrogen and oxygen atoms in total. The quantitative estimate of drug-likeness (QED) is 0.751. The van der Waals surface area contributed by atoms with Gasteiger partial charge in [-0.2, -0.15) is 0 Å². The van der Waals surface area contributed by atoms with E-state index in [1.807, 2.05) is 24.3 Å². The number of carbonyl (C=O) groups excluding carboxylic acids is 2. The van der Waals surface area contributed by atoms with Crippen LogP contribution in [-0.2, 0) is 6.42 Å². The van der Waals surface area contributed by atoms with Crippen molar-refractivity contribution >= 4 is 23.2 Å². The van der Waals surface area contributed by atoms with Crippen molar-refractivity contribution < 1.29 is 14.0 Å². The first-order valence-corrected chi connectivity index (χ1v) is 9.04. The fraction of sp³-hybridized carbons (Fsp3) is 0.136. The lowest BCUT2D eigenvalue weighted by Crippen LogP contribution is -2.35. The molecule has 6 heteroatoms. The van der Waals surface area contributed by atoms with E-state index in [4.69, 9.17) is 0 Å². The summed E-state index contributed by atoms with van der Waals surface area (Å²) in [5.74, 6) is -1.26. The highest BCUT2D eigenvalue weighted by molar-refractivity contribution is 6.09. The van der Waals surface area contributed by atoms with Crippen LogP contribution in [0.25, 0.3) is 0 Å². The number of rotatable bonds is 3. The number of nitrogens with zero attached hydrogens (tertiary/aromatic N) is 2. The van der Waals surface area contributed by atoms with Gasteiger partial charge in [0, 0.05) is 24.6 Å². The number of aryl methyl sites for hydroxylation is 1. The third-order valence-electron chi connectivity index (χ3n) is 4.72. The number of aromatic nitrogens is 1. The number of fused-ring (bicyclic) bond motifs is 1. The van der Waals surface area contributed by atoms with E-state index < -0.39 is 11.7 Å². The molecule has 0 unspecified atom stereocenters. The van der Waals surface area contributed by atoms with Gasteiger partial charge in [-0.25, -0.2) is 4.39 Å². The second-order valence-corrected chi connectivity index (χ2v) is 6.59. The number of amides is 2. The maximum absolute atomic E-state index is 13.8. The largest absolute Gasteiger partial charge is 0.319 e. The number of benzene rings is 2. The summed E-state index contributed by atoms with van der Waals surface area (Å²) in [5.41, 5.74) is 2.61. The van der Waals surface area contributed by atoms with Crippen molar-refractivity contribution in [1.82, 2.24) is 4.98 Å². The molecule has 4 rings (SSSR count). The smallest absolute Gasteiger partial charge is 0.259 e. The molecule has 0 saturated heterocycles. The van der Waals surface area contributed by atoms with Crippen molar-refractivity contribution in [3.63, 3.8) is 0 Å². The molecule has 0 fully saturated rings. The highest BCUT2D eigenvalue weighted by atomic mass is 19.1. The predicted octanol–water partition coefficient (Wildman–Crippen LogP) is 4.07. The number of carbonyl (C=O) groups is 2. The van der Waals surface area contributed by atoms with Crippen molar-refractivity contribution in [1.29, 1.82) is 0 Å². The topological polar surface area (TPSA) is 62.3 Å². The lowest BCUT2D eigenvalue weighted by molar-refractivity contribution is 0.0984. The van der Waals surface area contributed by atoms with Crippen LogP contribution in [0.3, 0.4) is 0 Å². The SMILES string of the molecule is O=C(Nc1ccccc1F)c1cncc(C(=O)N2CCCc3ccccc32)c1. The molecule has 1 aliphatic rings. The maximum atomic E-state index is 13.8. The van der Waals surface area contributed by atoms with Gasteiger partial charge in [-0.15, -0.1) is 0 Å². The van der Waals surface area contributed by atoms with Gasteiger partial charge >= 0.3 is 0 Å². The third-order valence-corrected chi connectivity index (χ3v) is 4.72. The Bertz CT molecular complexity index is 1050. The Labute approximate surface area is 161 Å². The van der Waals surface area contributed by atoms with E-state index in [0.29, 0.717) is 12.1 Å². The minimum atomic E-state index is -0.527. The molecule has 0 bridgehead atoms. The van der Waals surface area contributed by atoms with Gasteiger partial charge in [0.1, 0.15) is 5.82 Å². The van der Waals surface area contributed by atoms with Crippen LogP contribution < -0.4 is 10.2 Å². The monoisotopic (exact) mass is 375 g/mol. The normalized spacial score (nSPS) is 13.0. The van der Waals surface area contributed by atoms with Gasteiger partial charge in [0.05, 0.1) is 16.8 Å². The Morgan fingerprint density at radius 2 is 1.75 bits per heavy atom. The van der Waals surface area contributed by atoms with Crippen molar-refractivity contribution in [2.24, 2.45) is 0 Å². The standard InChI is InChI=1S/C22H18FN3O2/c23-18-8-2-3-9-19(18)25-21(27)16-12-17(14-24-13-16)22(28)26-11-5-7-15-6-1-4-10-20(15)26/h1-4,6,8-10,12-14H,5,7,11H2,(H,25,27). The molecule has 2 heterocycles. The van der Waals surface area contributed by atoms with Crippen LogP contribution in [0.5, 0.6) is 0 Å². The number of halogens is 1. The van der Waals surface area contributed by atoms with Crippen LogP contribution in [0.15, 0.2) is 67.0 Å². The van der Waals surface area contributed by atoms with Crippen LogP contribution in [0.1, 0.15) is 32.7 Å². The first kappa shape index (κ1) is 17.9. The summed E-state index contributed by atoms with van der Waals surface area (Å²) in [6.07, 6.45) is 4.61. The summed E-state index contributed by atoms with van der Waals surface area (Å²) in [6, 6.07) is 15.2. The maximum Gasteiger partial charge on any atom is 0.259 e. The Kier molecular flexibility index (Phi) is 4.85. The van der Waals surface area contributed by atoms with E-state index >= 15 is 0 Å². The zero-order chi connectivity index (χ0) is 19.5. The molecule has 0 aliphatic carbocycles. The van der Waals surface area contributed by atoms with Crippen molar-refractivity contribution in [2.45, 2.75) is 12.8 Å². The van der Waals surface area contributed by atoms with Gasteiger partial charge in [0.15, 0.2) is 0 Å². The van der Waals surface area contributed by atoms with Gasteiger partial charge in [-0.1, -0.05) is 30.3 Å². The summed E-state index contributed by atoms with van der Waals surface area (Å²) in [6.45, 7) is 0.613. The van der Waals surface area contributed by atoms with Crippen molar-refractivity contribution in [2.75, 3.05) is 16.8 Å². The van der Waals surface area contributed by atoms with E-state index in [1.54, 1.807) is 17.0 Å². The molecule has 1 aromatic heterocycles. The molecule has 1 N–H and O–H groups in total. The van der Waals surface area contributed by atoms with Gasteiger partial charge in [0.25, 0.3) is 11.8 Å². The number of para-hydroxylation sites is 2. The minimum Gasteiger partial charge on any atom is -0.319 e. The van der Waals surface area contributed by atoms with Crippen molar-refractivity contribution in [3.05, 3.63) is 89.5 Å². The third kappa shape index (κ3) is 3.49. The first-order chi connectivity index (χ1) is 13.6. The van der Waals surface area contributed by atoms with Crippen molar-refractivity contribution in [3.8, 4) is 0 Å². The zero-order valence-corrected chi connectivity index (χ0v) is 15.1. The molecule has 2 aromatic carbocycles. The summed E-state index contributed by atoms with van der Waals surface area (Å²) in [7, 11) is 0. The fourth-order valence-corrected chi connectivity index (χ4v) is 3.34. The number of hydrogen-bond donors (Lipinski definition) is 1. The first-order valence-electron chi connectivity index (χ1n) is 9.04. The van der Waals surface area contributed by atoms with E-state index in [2.05, 4.69) is 10.3 Å². The number of nitrogens with one attached hydrogen (secondary N) is 1. The Morgan fingerprint density at radius 3 is 2.61 bits per heavy atom. The van der Waals surface area contributed by atoms with Gasteiger partial charge in [-0.05, 0) is 42.7 Å². The van der Waals surface area contributed by atoms with E-state index in [0.717, 1.165) is 24.1 Å². The molecular weight excluding hydrogens is 357 g/mol. The molecule has 140 valence electrons. The highest BCUT2D eigenvalue weighted by Gasteiger charge is 2.24. The predicted molar refractivity (Wildman–Crippen MR) is 105 cm³/mol. The van der Waals surface area contributed by atoms with E-state index in [-0.39, 0.29) is 17.2 Å². The van der Waals surface area contributed by atoms with Gasteiger partial charge in [0.2, 0.25) is 0 Å². The lowest BCUT2D eigenvalue weighted by atomic mass is 10.0. The summed E-state index contributed by atoms with van der Waals surface area (Å²) >= 11 is 0. The molecule has 0 radical (unpaired) electrons. The van der Waals surface area contributed by atoms with E-state index in [1.165, 1.54) is 30.6 Å². The van der Waals surface area contributed by atoms with Crippen LogP contribution in [0, 0.1) is 5.82 Å². The number of anilines is 2. The molecule has 0 atom stereocenters. The van der Waals surface area contributed by atoms with Crippen LogP contribution in [0.2, 0.25) is 0 Å².